The number of amides is 1. The molecular weight excluding hydrogens is 272 g/mol. The molecule has 0 bridgehead atoms. The van der Waals surface area contributed by atoms with E-state index in [0.717, 1.165) is 25.7 Å². The van der Waals surface area contributed by atoms with Crippen LogP contribution in [0.1, 0.15) is 52.4 Å². The lowest BCUT2D eigenvalue weighted by Crippen LogP contribution is -2.57. The molecule has 0 saturated heterocycles. The molecule has 6 nitrogen and oxygen atoms in total. The predicted octanol–water partition coefficient (Wildman–Crippen LogP) is 2.37. The van der Waals surface area contributed by atoms with E-state index in [1.807, 2.05) is 0 Å². The summed E-state index contributed by atoms with van der Waals surface area (Å²) in [5.41, 5.74) is -1.67. The van der Waals surface area contributed by atoms with Crippen molar-refractivity contribution in [1.29, 1.82) is 5.26 Å². The van der Waals surface area contributed by atoms with E-state index in [1.165, 1.54) is 11.8 Å². The second kappa shape index (κ2) is 7.11. The van der Waals surface area contributed by atoms with Gasteiger partial charge in [0, 0.05) is 6.54 Å². The van der Waals surface area contributed by atoms with Crippen molar-refractivity contribution < 1.29 is 19.8 Å². The monoisotopic (exact) mass is 294 g/mol. The second-order valence-electron chi connectivity index (χ2n) is 5.37. The second-order valence-corrected chi connectivity index (χ2v) is 5.37. The molecule has 2 N–H and O–H groups in total. The Hall–Kier alpha value is -2.03. The highest BCUT2D eigenvalue weighted by atomic mass is 16.4. The van der Waals surface area contributed by atoms with E-state index in [4.69, 9.17) is 5.26 Å². The predicted molar refractivity (Wildman–Crippen MR) is 76.4 cm³/mol. The fraction of sp³-hybridized carbons (Fsp3) is 0.667. The Bertz CT molecular complexity index is 478. The lowest BCUT2D eigenvalue weighted by molar-refractivity contribution is -0.159. The smallest absolute Gasteiger partial charge is 0.329 e. The van der Waals surface area contributed by atoms with Gasteiger partial charge in [0.05, 0.1) is 0 Å². The van der Waals surface area contributed by atoms with Gasteiger partial charge >= 0.3 is 5.97 Å². The lowest BCUT2D eigenvalue weighted by Gasteiger charge is -2.39. The Labute approximate surface area is 124 Å². The quantitative estimate of drug-likeness (QED) is 0.359. The van der Waals surface area contributed by atoms with Gasteiger partial charge in [-0.15, -0.1) is 0 Å². The van der Waals surface area contributed by atoms with Crippen molar-refractivity contribution >= 4 is 11.9 Å². The molecule has 1 fully saturated rings. The third-order valence-electron chi connectivity index (χ3n) is 4.09. The maximum Gasteiger partial charge on any atom is 0.329 e. The summed E-state index contributed by atoms with van der Waals surface area (Å²) < 4.78 is 0. The van der Waals surface area contributed by atoms with Crippen LogP contribution in [0.25, 0.3) is 0 Å². The van der Waals surface area contributed by atoms with Crippen LogP contribution < -0.4 is 0 Å². The zero-order valence-electron chi connectivity index (χ0n) is 12.6. The molecule has 6 heteroatoms. The van der Waals surface area contributed by atoms with Crippen LogP contribution in [0.15, 0.2) is 11.3 Å². The van der Waals surface area contributed by atoms with Crippen LogP contribution >= 0.6 is 0 Å². The van der Waals surface area contributed by atoms with E-state index >= 15 is 0 Å². The van der Waals surface area contributed by atoms with Crippen LogP contribution in [0.2, 0.25) is 0 Å². The summed E-state index contributed by atoms with van der Waals surface area (Å²) >= 11 is 0. The molecule has 21 heavy (non-hydrogen) atoms. The number of aliphatic carboxylic acids is 1. The molecule has 1 amide bonds. The topological polar surface area (TPSA) is 102 Å². The summed E-state index contributed by atoms with van der Waals surface area (Å²) in [6, 6.07) is 1.67. The molecule has 0 aromatic heterocycles. The van der Waals surface area contributed by atoms with Gasteiger partial charge < -0.3 is 15.1 Å². The first-order chi connectivity index (χ1) is 9.90. The van der Waals surface area contributed by atoms with Gasteiger partial charge in [-0.1, -0.05) is 25.7 Å². The molecule has 0 aliphatic heterocycles. The van der Waals surface area contributed by atoms with Gasteiger partial charge in [-0.25, -0.2) is 4.79 Å². The Morgan fingerprint density at radius 1 is 1.19 bits per heavy atom. The third kappa shape index (κ3) is 3.35. The summed E-state index contributed by atoms with van der Waals surface area (Å²) in [6.07, 6.45) is 4.12. The molecule has 0 atom stereocenters. The van der Waals surface area contributed by atoms with Gasteiger partial charge in [0.15, 0.2) is 5.57 Å². The molecule has 0 aromatic rings. The Morgan fingerprint density at radius 3 is 2.05 bits per heavy atom. The molecule has 0 radical (unpaired) electrons. The van der Waals surface area contributed by atoms with Gasteiger partial charge in [0.1, 0.15) is 17.4 Å². The molecule has 0 spiro atoms. The summed E-state index contributed by atoms with van der Waals surface area (Å²) in [6.45, 7) is 3.13. The van der Waals surface area contributed by atoms with Crippen LogP contribution in [-0.4, -0.2) is 39.1 Å². The van der Waals surface area contributed by atoms with Crippen molar-refractivity contribution in [1.82, 2.24) is 4.90 Å². The highest BCUT2D eigenvalue weighted by Crippen LogP contribution is 2.34. The van der Waals surface area contributed by atoms with Crippen LogP contribution in [0.5, 0.6) is 0 Å². The van der Waals surface area contributed by atoms with Crippen LogP contribution in [-0.2, 0) is 9.59 Å². The first-order valence-corrected chi connectivity index (χ1v) is 7.26. The number of carboxylic acid groups (broad SMARTS) is 1. The van der Waals surface area contributed by atoms with Crippen LogP contribution in [0.3, 0.4) is 0 Å². The number of carboxylic acids is 1. The first kappa shape index (κ1) is 17.0. The Balaban J connectivity index is 3.26. The number of likely N-dealkylation sites (N-methyl/N-ethyl adjacent to an activating group) is 1. The molecule has 1 saturated carbocycles. The molecule has 116 valence electrons. The number of carbonyl (C=O) groups is 2. The van der Waals surface area contributed by atoms with Gasteiger partial charge in [0.25, 0.3) is 5.91 Å². The standard InChI is InChI=1S/C15H22N2O4/c1-3-17(13(19)12(10-16)11(2)18)15(14(20)21)8-6-4-5-7-9-15/h18H,3-9H2,1-2H3,(H,20,21)/b12-11-. The minimum absolute atomic E-state index is 0.184. The maximum atomic E-state index is 12.5. The number of rotatable bonds is 4. The maximum absolute atomic E-state index is 12.5. The summed E-state index contributed by atoms with van der Waals surface area (Å²) in [4.78, 5) is 25.6. The highest BCUT2D eigenvalue weighted by Gasteiger charge is 2.46. The van der Waals surface area contributed by atoms with E-state index in [0.29, 0.717) is 12.8 Å². The molecule has 1 rings (SSSR count). The molecule has 1 aliphatic rings. The van der Waals surface area contributed by atoms with E-state index in [9.17, 15) is 19.8 Å². The van der Waals surface area contributed by atoms with E-state index in [1.54, 1.807) is 13.0 Å². The number of hydrogen-bond acceptors (Lipinski definition) is 4. The summed E-state index contributed by atoms with van der Waals surface area (Å²) in [7, 11) is 0. The zero-order valence-corrected chi connectivity index (χ0v) is 12.6. The number of nitriles is 1. The summed E-state index contributed by atoms with van der Waals surface area (Å²) in [5, 5.41) is 28.2. The molecule has 0 heterocycles. The largest absolute Gasteiger partial charge is 0.511 e. The number of allylic oxidation sites excluding steroid dienone is 1. The third-order valence-corrected chi connectivity index (χ3v) is 4.09. The number of carbonyl (C=O) groups excluding carboxylic acids is 1. The Kier molecular flexibility index (Phi) is 5.77. The van der Waals surface area contributed by atoms with E-state index in [2.05, 4.69) is 0 Å². The number of nitrogens with zero attached hydrogens (tertiary/aromatic N) is 2. The van der Waals surface area contributed by atoms with Crippen molar-refractivity contribution in [3.8, 4) is 6.07 Å². The minimum Gasteiger partial charge on any atom is -0.511 e. The number of aliphatic hydroxyl groups excluding tert-OH is 1. The van der Waals surface area contributed by atoms with Crippen molar-refractivity contribution in [2.75, 3.05) is 6.54 Å². The van der Waals surface area contributed by atoms with Crippen molar-refractivity contribution in [3.63, 3.8) is 0 Å². The van der Waals surface area contributed by atoms with Gasteiger partial charge in [-0.05, 0) is 26.7 Å². The average Bonchev–Trinajstić information content (AvgIpc) is 2.67. The fourth-order valence-electron chi connectivity index (χ4n) is 2.97. The molecule has 0 unspecified atom stereocenters. The van der Waals surface area contributed by atoms with E-state index < -0.39 is 17.4 Å². The lowest BCUT2D eigenvalue weighted by atomic mass is 9.87. The van der Waals surface area contributed by atoms with Crippen molar-refractivity contribution in [3.05, 3.63) is 11.3 Å². The van der Waals surface area contributed by atoms with Gasteiger partial charge in [-0.3, -0.25) is 4.79 Å². The number of hydrogen-bond donors (Lipinski definition) is 2. The molecule has 1 aliphatic carbocycles. The van der Waals surface area contributed by atoms with Gasteiger partial charge in [-0.2, -0.15) is 5.26 Å². The van der Waals surface area contributed by atoms with Gasteiger partial charge in [0.2, 0.25) is 0 Å². The van der Waals surface area contributed by atoms with E-state index in [-0.39, 0.29) is 17.9 Å². The zero-order chi connectivity index (χ0) is 16.0. The molecule has 0 aromatic carbocycles. The summed E-state index contributed by atoms with van der Waals surface area (Å²) in [5.74, 6) is -2.12. The minimum atomic E-state index is -1.28. The normalized spacial score (nSPS) is 18.9. The van der Waals surface area contributed by atoms with Crippen LogP contribution in [0.4, 0.5) is 0 Å². The number of aliphatic hydroxyl groups is 1. The SMILES string of the molecule is CCN(C(=O)/C(C#N)=C(/C)O)C1(C(=O)O)CCCCCC1. The average molecular weight is 294 g/mol. The fourth-order valence-corrected chi connectivity index (χ4v) is 2.97. The molecular formula is C15H22N2O4. The van der Waals surface area contributed by atoms with Crippen molar-refractivity contribution in [2.24, 2.45) is 0 Å². The highest BCUT2D eigenvalue weighted by molar-refractivity contribution is 6.00. The van der Waals surface area contributed by atoms with Crippen LogP contribution in [0, 0.1) is 11.3 Å². The Morgan fingerprint density at radius 2 is 1.71 bits per heavy atom. The first-order valence-electron chi connectivity index (χ1n) is 7.26. The van der Waals surface area contributed by atoms with Crippen molar-refractivity contribution in [2.45, 2.75) is 57.9 Å².